The Hall–Kier alpha value is -2.01. The van der Waals surface area contributed by atoms with Crippen LogP contribution in [0.2, 0.25) is 0 Å². The first-order chi connectivity index (χ1) is 12.0. The lowest BCUT2D eigenvalue weighted by atomic mass is 10.1. The Balaban J connectivity index is 1.90. The summed E-state index contributed by atoms with van der Waals surface area (Å²) in [5.74, 6) is 1.62. The number of hydrogen-bond donors (Lipinski definition) is 1. The van der Waals surface area contributed by atoms with E-state index in [9.17, 15) is 4.79 Å². The van der Waals surface area contributed by atoms with Gasteiger partial charge in [0, 0.05) is 12.1 Å². The van der Waals surface area contributed by atoms with E-state index in [1.54, 1.807) is 7.11 Å². The van der Waals surface area contributed by atoms with Gasteiger partial charge in [0.25, 0.3) is 0 Å². The molecule has 5 heteroatoms. The molecule has 0 fully saturated rings. The predicted octanol–water partition coefficient (Wildman–Crippen LogP) is 5.13. The molecule has 0 aliphatic heterocycles. The summed E-state index contributed by atoms with van der Waals surface area (Å²) in [5.41, 5.74) is 2.90. The quantitative estimate of drug-likeness (QED) is 0.662. The van der Waals surface area contributed by atoms with Crippen molar-refractivity contribution < 1.29 is 14.3 Å². The van der Waals surface area contributed by atoms with Gasteiger partial charge in [-0.25, -0.2) is 0 Å². The van der Waals surface area contributed by atoms with E-state index in [2.05, 4.69) is 28.2 Å². The summed E-state index contributed by atoms with van der Waals surface area (Å²) in [7, 11) is 1.63. The number of anilines is 1. The summed E-state index contributed by atoms with van der Waals surface area (Å²) in [5, 5.41) is 2.97. The molecule has 25 heavy (non-hydrogen) atoms. The fraction of sp³-hybridized carbons (Fsp3) is 0.350. The van der Waals surface area contributed by atoms with Gasteiger partial charge in [0.1, 0.15) is 11.5 Å². The van der Waals surface area contributed by atoms with Crippen molar-refractivity contribution in [2.75, 3.05) is 19.0 Å². The minimum Gasteiger partial charge on any atom is -0.496 e. The number of halogens is 1. The molecule has 0 saturated carbocycles. The van der Waals surface area contributed by atoms with Crippen molar-refractivity contribution in [3.63, 3.8) is 0 Å². The van der Waals surface area contributed by atoms with Gasteiger partial charge in [-0.2, -0.15) is 0 Å². The summed E-state index contributed by atoms with van der Waals surface area (Å²) >= 11 is 3.46. The van der Waals surface area contributed by atoms with Crippen molar-refractivity contribution in [2.45, 2.75) is 33.1 Å². The van der Waals surface area contributed by atoms with Crippen LogP contribution in [0, 0.1) is 6.92 Å². The molecule has 0 aromatic heterocycles. The number of rotatable bonds is 8. The van der Waals surface area contributed by atoms with Gasteiger partial charge in [-0.1, -0.05) is 13.0 Å². The zero-order valence-corrected chi connectivity index (χ0v) is 16.5. The third kappa shape index (κ3) is 5.78. The van der Waals surface area contributed by atoms with E-state index in [0.717, 1.165) is 39.2 Å². The molecule has 2 rings (SSSR count). The third-order valence-corrected chi connectivity index (χ3v) is 4.42. The fourth-order valence-electron chi connectivity index (χ4n) is 2.42. The number of aryl methyl sites for hydroxylation is 2. The van der Waals surface area contributed by atoms with E-state index in [0.29, 0.717) is 19.4 Å². The van der Waals surface area contributed by atoms with Crippen LogP contribution in [-0.2, 0) is 11.2 Å². The molecular formula is C20H24BrNO3. The molecule has 2 aromatic rings. The molecule has 0 radical (unpaired) electrons. The van der Waals surface area contributed by atoms with Crippen LogP contribution in [0.1, 0.15) is 30.9 Å². The minimum atomic E-state index is -0.00253. The highest BCUT2D eigenvalue weighted by atomic mass is 79.9. The number of methoxy groups -OCH3 is 1. The van der Waals surface area contributed by atoms with Crippen molar-refractivity contribution in [3.05, 3.63) is 52.0 Å². The average Bonchev–Trinajstić information content (AvgIpc) is 2.60. The van der Waals surface area contributed by atoms with E-state index in [1.165, 1.54) is 0 Å². The molecule has 0 bridgehead atoms. The molecular weight excluding hydrogens is 382 g/mol. The first kappa shape index (κ1) is 19.3. The predicted molar refractivity (Wildman–Crippen MR) is 105 cm³/mol. The lowest BCUT2D eigenvalue weighted by Crippen LogP contribution is -2.13. The number of benzene rings is 2. The molecule has 0 heterocycles. The number of nitrogens with one attached hydrogen (secondary N) is 1. The third-order valence-electron chi connectivity index (χ3n) is 3.80. The Kier molecular flexibility index (Phi) is 7.31. The maximum Gasteiger partial charge on any atom is 0.224 e. The van der Waals surface area contributed by atoms with Crippen LogP contribution in [-0.4, -0.2) is 19.6 Å². The van der Waals surface area contributed by atoms with Crippen molar-refractivity contribution in [3.8, 4) is 11.5 Å². The first-order valence-corrected chi connectivity index (χ1v) is 9.18. The van der Waals surface area contributed by atoms with Crippen molar-refractivity contribution in [2.24, 2.45) is 0 Å². The zero-order valence-electron chi connectivity index (χ0n) is 14.9. The van der Waals surface area contributed by atoms with Gasteiger partial charge < -0.3 is 14.8 Å². The lowest BCUT2D eigenvalue weighted by Gasteiger charge is -2.11. The zero-order chi connectivity index (χ0) is 18.2. The number of ether oxygens (including phenoxy) is 2. The van der Waals surface area contributed by atoms with Gasteiger partial charge in [0.05, 0.1) is 18.2 Å². The summed E-state index contributed by atoms with van der Waals surface area (Å²) in [6.07, 6.45) is 2.07. The number of carbonyl (C=O) groups is 1. The Morgan fingerprint density at radius 1 is 1.20 bits per heavy atom. The standard InChI is InChI=1S/C20H24BrNO3/c1-4-11-25-16-7-8-18(14(2)12-16)22-20(23)10-6-15-5-9-19(24-3)17(21)13-15/h5,7-9,12-13H,4,6,10-11H2,1-3H3,(H,22,23). The molecule has 0 aliphatic rings. The van der Waals surface area contributed by atoms with Gasteiger partial charge >= 0.3 is 0 Å². The van der Waals surface area contributed by atoms with Crippen LogP contribution >= 0.6 is 15.9 Å². The second-order valence-corrected chi connectivity index (χ2v) is 6.70. The first-order valence-electron chi connectivity index (χ1n) is 8.39. The Morgan fingerprint density at radius 3 is 2.64 bits per heavy atom. The largest absolute Gasteiger partial charge is 0.496 e. The average molecular weight is 406 g/mol. The van der Waals surface area contributed by atoms with Crippen molar-refractivity contribution in [1.82, 2.24) is 0 Å². The van der Waals surface area contributed by atoms with Gasteiger partial charge in [-0.05, 0) is 77.2 Å². The summed E-state index contributed by atoms with van der Waals surface area (Å²) in [4.78, 5) is 12.2. The Morgan fingerprint density at radius 2 is 2.00 bits per heavy atom. The number of hydrogen-bond acceptors (Lipinski definition) is 3. The Bertz CT molecular complexity index is 731. The minimum absolute atomic E-state index is 0.00253. The van der Waals surface area contributed by atoms with Crippen molar-refractivity contribution in [1.29, 1.82) is 0 Å². The van der Waals surface area contributed by atoms with E-state index < -0.39 is 0 Å². The molecule has 134 valence electrons. The maximum absolute atomic E-state index is 12.2. The topological polar surface area (TPSA) is 47.6 Å². The van der Waals surface area contributed by atoms with Crippen LogP contribution in [0.5, 0.6) is 11.5 Å². The van der Waals surface area contributed by atoms with E-state index in [4.69, 9.17) is 9.47 Å². The van der Waals surface area contributed by atoms with Crippen LogP contribution in [0.15, 0.2) is 40.9 Å². The fourth-order valence-corrected chi connectivity index (χ4v) is 3.01. The van der Waals surface area contributed by atoms with E-state index in [1.807, 2.05) is 43.3 Å². The summed E-state index contributed by atoms with van der Waals surface area (Å²) in [6, 6.07) is 11.6. The number of carbonyl (C=O) groups excluding carboxylic acids is 1. The Labute approximate surface area is 157 Å². The smallest absolute Gasteiger partial charge is 0.224 e. The van der Waals surface area contributed by atoms with Crippen LogP contribution < -0.4 is 14.8 Å². The monoisotopic (exact) mass is 405 g/mol. The highest BCUT2D eigenvalue weighted by molar-refractivity contribution is 9.10. The van der Waals surface area contributed by atoms with Crippen LogP contribution in [0.4, 0.5) is 5.69 Å². The van der Waals surface area contributed by atoms with Gasteiger partial charge in [-0.3, -0.25) is 4.79 Å². The molecule has 0 aliphatic carbocycles. The molecule has 4 nitrogen and oxygen atoms in total. The molecule has 0 spiro atoms. The maximum atomic E-state index is 12.2. The van der Waals surface area contributed by atoms with E-state index in [-0.39, 0.29) is 5.91 Å². The molecule has 0 atom stereocenters. The van der Waals surface area contributed by atoms with Gasteiger partial charge in [0.2, 0.25) is 5.91 Å². The van der Waals surface area contributed by atoms with Gasteiger partial charge in [0.15, 0.2) is 0 Å². The van der Waals surface area contributed by atoms with Gasteiger partial charge in [-0.15, -0.1) is 0 Å². The highest BCUT2D eigenvalue weighted by Gasteiger charge is 2.08. The molecule has 1 N–H and O–H groups in total. The molecule has 1 amide bonds. The SMILES string of the molecule is CCCOc1ccc(NC(=O)CCc2ccc(OC)c(Br)c2)c(C)c1. The number of amides is 1. The lowest BCUT2D eigenvalue weighted by molar-refractivity contribution is -0.116. The molecule has 2 aromatic carbocycles. The summed E-state index contributed by atoms with van der Waals surface area (Å²) in [6.45, 7) is 4.74. The van der Waals surface area contributed by atoms with Crippen molar-refractivity contribution >= 4 is 27.5 Å². The highest BCUT2D eigenvalue weighted by Crippen LogP contribution is 2.26. The molecule has 0 unspecified atom stereocenters. The second kappa shape index (κ2) is 9.47. The second-order valence-electron chi connectivity index (χ2n) is 5.84. The van der Waals surface area contributed by atoms with Crippen LogP contribution in [0.25, 0.3) is 0 Å². The summed E-state index contributed by atoms with van der Waals surface area (Å²) < 4.78 is 11.7. The normalized spacial score (nSPS) is 10.4. The van der Waals surface area contributed by atoms with Crippen LogP contribution in [0.3, 0.4) is 0 Å². The van der Waals surface area contributed by atoms with E-state index >= 15 is 0 Å². The molecule has 0 saturated heterocycles.